The number of nitrogens with two attached hydrogens (primary N) is 1. The lowest BCUT2D eigenvalue weighted by molar-refractivity contribution is 0.824. The summed E-state index contributed by atoms with van der Waals surface area (Å²) in [5.74, 6) is 0. The Kier molecular flexibility index (Phi) is 5.58. The van der Waals surface area contributed by atoms with Gasteiger partial charge in [-0.15, -0.1) is 0 Å². The van der Waals surface area contributed by atoms with Crippen LogP contribution in [-0.4, -0.2) is 5.48 Å². The van der Waals surface area contributed by atoms with Crippen molar-refractivity contribution in [2.75, 3.05) is 5.73 Å². The van der Waals surface area contributed by atoms with Crippen LogP contribution in [-0.2, 0) is 19.3 Å². The van der Waals surface area contributed by atoms with Crippen LogP contribution in [0.3, 0.4) is 0 Å². The minimum atomic E-state index is 0. The summed E-state index contributed by atoms with van der Waals surface area (Å²) in [5, 5.41) is 0. The Morgan fingerprint density at radius 3 is 2.05 bits per heavy atom. The summed E-state index contributed by atoms with van der Waals surface area (Å²) in [6.07, 6.45) is 3.06. The van der Waals surface area contributed by atoms with Crippen LogP contribution in [0.1, 0.15) is 36.1 Å². The van der Waals surface area contributed by atoms with Crippen molar-refractivity contribution in [3.63, 3.8) is 0 Å². The van der Waals surface area contributed by atoms with E-state index in [4.69, 9.17) is 5.73 Å². The Morgan fingerprint density at radius 2 is 1.47 bits per heavy atom. The topological polar surface area (TPSA) is 57.5 Å². The predicted octanol–water partition coefficient (Wildman–Crippen LogP) is 3.16. The molecule has 102 valence electrons. The molecule has 2 nitrogen and oxygen atoms in total. The molecule has 0 aliphatic carbocycles. The molecule has 0 radical (unpaired) electrons. The number of hydrogen-bond donors (Lipinski definition) is 1. The molecular formula is C17H23NO. The van der Waals surface area contributed by atoms with E-state index >= 15 is 0 Å². The van der Waals surface area contributed by atoms with Gasteiger partial charge < -0.3 is 11.2 Å². The second-order valence-electron chi connectivity index (χ2n) is 4.64. The SMILES string of the molecule is CCc1c(N)ccc(Cc2ccccc2)c1CC.O. The van der Waals surface area contributed by atoms with Crippen LogP contribution in [0.2, 0.25) is 0 Å². The van der Waals surface area contributed by atoms with E-state index in [1.54, 1.807) is 0 Å². The van der Waals surface area contributed by atoms with Crippen molar-refractivity contribution in [3.8, 4) is 0 Å². The highest BCUT2D eigenvalue weighted by Gasteiger charge is 2.09. The molecule has 0 aliphatic rings. The first-order chi connectivity index (χ1) is 8.76. The molecule has 0 unspecified atom stereocenters. The van der Waals surface area contributed by atoms with Crippen LogP contribution in [0.15, 0.2) is 42.5 Å². The molecule has 0 heterocycles. The van der Waals surface area contributed by atoms with Crippen LogP contribution < -0.4 is 5.73 Å². The number of benzene rings is 2. The van der Waals surface area contributed by atoms with E-state index < -0.39 is 0 Å². The molecular weight excluding hydrogens is 234 g/mol. The molecule has 4 N–H and O–H groups in total. The summed E-state index contributed by atoms with van der Waals surface area (Å²) in [6, 6.07) is 14.8. The highest BCUT2D eigenvalue weighted by Crippen LogP contribution is 2.24. The van der Waals surface area contributed by atoms with E-state index in [2.05, 4.69) is 56.3 Å². The second kappa shape index (κ2) is 6.95. The number of hydrogen-bond acceptors (Lipinski definition) is 1. The minimum Gasteiger partial charge on any atom is -0.412 e. The van der Waals surface area contributed by atoms with Gasteiger partial charge in [-0.2, -0.15) is 0 Å². The Balaban J connectivity index is 0.00000180. The van der Waals surface area contributed by atoms with Crippen LogP contribution in [0.5, 0.6) is 0 Å². The van der Waals surface area contributed by atoms with Gasteiger partial charge in [0.25, 0.3) is 0 Å². The summed E-state index contributed by atoms with van der Waals surface area (Å²) in [5.41, 5.74) is 12.5. The van der Waals surface area contributed by atoms with Crippen LogP contribution in [0.25, 0.3) is 0 Å². The monoisotopic (exact) mass is 257 g/mol. The van der Waals surface area contributed by atoms with Crippen molar-refractivity contribution in [3.05, 3.63) is 64.7 Å². The van der Waals surface area contributed by atoms with Crippen LogP contribution in [0.4, 0.5) is 5.69 Å². The zero-order valence-electron chi connectivity index (χ0n) is 11.7. The predicted molar refractivity (Wildman–Crippen MR) is 82.5 cm³/mol. The smallest absolute Gasteiger partial charge is 0.0349 e. The van der Waals surface area contributed by atoms with E-state index in [0.717, 1.165) is 24.9 Å². The van der Waals surface area contributed by atoms with Crippen molar-refractivity contribution in [1.29, 1.82) is 0 Å². The molecule has 0 fully saturated rings. The first-order valence-corrected chi connectivity index (χ1v) is 6.69. The first kappa shape index (κ1) is 15.3. The quantitative estimate of drug-likeness (QED) is 0.840. The van der Waals surface area contributed by atoms with Gasteiger partial charge in [0.05, 0.1) is 0 Å². The molecule has 0 saturated heterocycles. The fourth-order valence-corrected chi connectivity index (χ4v) is 2.60. The third-order valence-corrected chi connectivity index (χ3v) is 3.51. The third kappa shape index (κ3) is 3.36. The van der Waals surface area contributed by atoms with Gasteiger partial charge in [-0.05, 0) is 47.6 Å². The van der Waals surface area contributed by atoms with E-state index in [9.17, 15) is 0 Å². The first-order valence-electron chi connectivity index (χ1n) is 6.69. The Labute approximate surface area is 115 Å². The number of anilines is 1. The fraction of sp³-hybridized carbons (Fsp3) is 0.294. The molecule has 0 aliphatic heterocycles. The maximum Gasteiger partial charge on any atom is 0.0349 e. The standard InChI is InChI=1S/C17H21N.H2O/c1-3-15-14(10-11-17(18)16(15)4-2)12-13-8-6-5-7-9-13;/h5-11H,3-4,12,18H2,1-2H3;1H2. The molecule has 2 rings (SSSR count). The summed E-state index contributed by atoms with van der Waals surface area (Å²) in [4.78, 5) is 0. The second-order valence-corrected chi connectivity index (χ2v) is 4.64. The normalized spacial score (nSPS) is 10.0. The maximum atomic E-state index is 6.07. The summed E-state index contributed by atoms with van der Waals surface area (Å²) >= 11 is 0. The minimum absolute atomic E-state index is 0. The van der Waals surface area contributed by atoms with Gasteiger partial charge in [-0.1, -0.05) is 50.2 Å². The number of rotatable bonds is 4. The van der Waals surface area contributed by atoms with Crippen molar-refractivity contribution in [2.45, 2.75) is 33.1 Å². The lowest BCUT2D eigenvalue weighted by atomic mass is 9.92. The molecule has 0 bridgehead atoms. The fourth-order valence-electron chi connectivity index (χ4n) is 2.60. The van der Waals surface area contributed by atoms with Gasteiger partial charge in [0.2, 0.25) is 0 Å². The summed E-state index contributed by atoms with van der Waals surface area (Å²) in [6.45, 7) is 4.39. The molecule has 0 amide bonds. The Morgan fingerprint density at radius 1 is 0.842 bits per heavy atom. The Hall–Kier alpha value is -1.80. The van der Waals surface area contributed by atoms with E-state index in [0.29, 0.717) is 0 Å². The molecule has 0 atom stereocenters. The van der Waals surface area contributed by atoms with Gasteiger partial charge in [-0.25, -0.2) is 0 Å². The summed E-state index contributed by atoms with van der Waals surface area (Å²) < 4.78 is 0. The van der Waals surface area contributed by atoms with Crippen molar-refractivity contribution < 1.29 is 5.48 Å². The molecule has 0 saturated carbocycles. The maximum absolute atomic E-state index is 6.07. The molecule has 2 heteroatoms. The van der Waals surface area contributed by atoms with E-state index in [1.807, 2.05) is 0 Å². The number of nitrogen functional groups attached to an aromatic ring is 1. The molecule has 2 aromatic rings. The summed E-state index contributed by atoms with van der Waals surface area (Å²) in [7, 11) is 0. The molecule has 0 spiro atoms. The highest BCUT2D eigenvalue weighted by atomic mass is 16.0. The van der Waals surface area contributed by atoms with Gasteiger partial charge >= 0.3 is 0 Å². The Bertz CT molecular complexity index is 520. The zero-order valence-corrected chi connectivity index (χ0v) is 11.7. The van der Waals surface area contributed by atoms with Gasteiger partial charge in [0.1, 0.15) is 0 Å². The molecule has 19 heavy (non-hydrogen) atoms. The largest absolute Gasteiger partial charge is 0.412 e. The third-order valence-electron chi connectivity index (χ3n) is 3.51. The zero-order chi connectivity index (χ0) is 13.0. The van der Waals surface area contributed by atoms with E-state index in [-0.39, 0.29) is 5.48 Å². The van der Waals surface area contributed by atoms with Gasteiger partial charge in [0, 0.05) is 5.69 Å². The van der Waals surface area contributed by atoms with Gasteiger partial charge in [0.15, 0.2) is 0 Å². The lowest BCUT2D eigenvalue weighted by Crippen LogP contribution is -2.03. The highest BCUT2D eigenvalue weighted by molar-refractivity contribution is 5.54. The lowest BCUT2D eigenvalue weighted by Gasteiger charge is -2.15. The average Bonchev–Trinajstić information content (AvgIpc) is 2.41. The van der Waals surface area contributed by atoms with Crippen molar-refractivity contribution >= 4 is 5.69 Å². The van der Waals surface area contributed by atoms with Crippen molar-refractivity contribution in [2.24, 2.45) is 0 Å². The van der Waals surface area contributed by atoms with Crippen molar-refractivity contribution in [1.82, 2.24) is 0 Å². The molecule has 0 aromatic heterocycles. The molecule has 2 aromatic carbocycles. The van der Waals surface area contributed by atoms with E-state index in [1.165, 1.54) is 22.3 Å². The van der Waals surface area contributed by atoms with Crippen LogP contribution >= 0.6 is 0 Å². The van der Waals surface area contributed by atoms with Crippen LogP contribution in [0, 0.1) is 0 Å². The average molecular weight is 257 g/mol. The van der Waals surface area contributed by atoms with Gasteiger partial charge in [-0.3, -0.25) is 0 Å².